The van der Waals surface area contributed by atoms with Gasteiger partial charge in [0, 0.05) is 31.3 Å². The molecule has 3 aliphatic heterocycles. The van der Waals surface area contributed by atoms with Crippen LogP contribution in [0.1, 0.15) is 18.2 Å². The van der Waals surface area contributed by atoms with Crippen molar-refractivity contribution in [2.75, 3.05) is 38.1 Å². The molecule has 1 aromatic heterocycles. The van der Waals surface area contributed by atoms with E-state index in [1.54, 1.807) is 12.1 Å². The lowest BCUT2D eigenvalue weighted by molar-refractivity contribution is -0.122. The molecule has 1 amide bonds. The predicted octanol–water partition coefficient (Wildman–Crippen LogP) is 3.66. The molecule has 8 nitrogen and oxygen atoms in total. The van der Waals surface area contributed by atoms with Gasteiger partial charge in [0.25, 0.3) is 0 Å². The van der Waals surface area contributed by atoms with Gasteiger partial charge in [-0.1, -0.05) is 30.4 Å². The van der Waals surface area contributed by atoms with Crippen LogP contribution in [0.5, 0.6) is 0 Å². The zero-order chi connectivity index (χ0) is 25.2. The summed E-state index contributed by atoms with van der Waals surface area (Å²) in [5, 5.41) is 13.2. The predicted molar refractivity (Wildman–Crippen MR) is 139 cm³/mol. The van der Waals surface area contributed by atoms with Gasteiger partial charge in [-0.25, -0.2) is 14.4 Å². The van der Waals surface area contributed by atoms with Crippen LogP contribution < -0.4 is 10.2 Å². The molecule has 10 heteroatoms. The summed E-state index contributed by atoms with van der Waals surface area (Å²) in [6.45, 7) is 4.06. The minimum atomic E-state index is -0.344. The molecule has 0 atom stereocenters. The Morgan fingerprint density at radius 1 is 1.31 bits per heavy atom. The molecule has 0 saturated carbocycles. The molecule has 0 spiro atoms. The first-order valence-corrected chi connectivity index (χ1v) is 12.5. The maximum atomic E-state index is 13.5. The number of allylic oxidation sites excluding steroid dienone is 3. The number of aromatic nitrogens is 1. The Morgan fingerprint density at radius 2 is 2.11 bits per heavy atom. The minimum Gasteiger partial charge on any atom is -0.353 e. The molecular weight excluding hydrogens is 477 g/mol. The van der Waals surface area contributed by atoms with Crippen molar-refractivity contribution in [1.82, 2.24) is 15.2 Å². The van der Waals surface area contributed by atoms with Crippen LogP contribution in [0.4, 0.5) is 9.52 Å². The topological polar surface area (TPSA) is 97.0 Å². The number of nitrogens with one attached hydrogen (secondary N) is 1. The van der Waals surface area contributed by atoms with E-state index >= 15 is 0 Å². The second-order valence-electron chi connectivity index (χ2n) is 8.46. The van der Waals surface area contributed by atoms with Crippen LogP contribution in [-0.2, 0) is 4.79 Å². The molecule has 1 N–H and O–H groups in total. The van der Waals surface area contributed by atoms with Gasteiger partial charge in [-0.3, -0.25) is 9.79 Å². The van der Waals surface area contributed by atoms with Crippen molar-refractivity contribution in [1.29, 1.82) is 5.26 Å². The third-order valence-electron chi connectivity index (χ3n) is 6.17. The van der Waals surface area contributed by atoms with Crippen molar-refractivity contribution < 1.29 is 9.18 Å². The summed E-state index contributed by atoms with van der Waals surface area (Å²) >= 11 is 1.27. The minimum absolute atomic E-state index is 0.0271. The molecule has 36 heavy (non-hydrogen) atoms. The second kappa shape index (κ2) is 9.87. The number of carbonyl (C=O) groups is 1. The van der Waals surface area contributed by atoms with E-state index in [0.717, 1.165) is 28.5 Å². The van der Waals surface area contributed by atoms with Crippen molar-refractivity contribution in [3.63, 3.8) is 0 Å². The zero-order valence-electron chi connectivity index (χ0n) is 20.0. The van der Waals surface area contributed by atoms with Crippen molar-refractivity contribution in [2.45, 2.75) is 13.3 Å². The number of rotatable bonds is 4. The third-order valence-corrected chi connectivity index (χ3v) is 7.20. The van der Waals surface area contributed by atoms with Gasteiger partial charge in [-0.15, -0.1) is 0 Å². The van der Waals surface area contributed by atoms with Gasteiger partial charge in [-0.05, 0) is 36.8 Å². The van der Waals surface area contributed by atoms with E-state index in [1.165, 1.54) is 23.5 Å². The number of carbonyl (C=O) groups excluding carboxylic acids is 1. The summed E-state index contributed by atoms with van der Waals surface area (Å²) < 4.78 is 13.5. The molecule has 0 unspecified atom stereocenters. The molecule has 4 heterocycles. The summed E-state index contributed by atoms with van der Waals surface area (Å²) in [6.07, 6.45) is 6.57. The third kappa shape index (κ3) is 4.45. The molecule has 1 saturated heterocycles. The van der Waals surface area contributed by atoms with Crippen molar-refractivity contribution in [3.05, 3.63) is 70.2 Å². The summed E-state index contributed by atoms with van der Waals surface area (Å²) in [5.74, 6) is 0.350. The molecule has 182 valence electrons. The Kier molecular flexibility index (Phi) is 6.48. The molecule has 3 aliphatic rings. The van der Waals surface area contributed by atoms with E-state index < -0.39 is 0 Å². The van der Waals surface area contributed by atoms with Crippen LogP contribution in [0.25, 0.3) is 11.3 Å². The van der Waals surface area contributed by atoms with Crippen molar-refractivity contribution in [2.24, 2.45) is 9.98 Å². The maximum absolute atomic E-state index is 13.5. The van der Waals surface area contributed by atoms with E-state index in [2.05, 4.69) is 11.4 Å². The SMILES string of the molecule is CCC1=NCC2=CC=CC(N3CCNC(=O)C3)=NC2=C1N(C)c1nc(-c2ccc(F)cc2)c(C#N)s1. The number of nitriles is 1. The van der Waals surface area contributed by atoms with Gasteiger partial charge in [-0.2, -0.15) is 5.26 Å². The van der Waals surface area contributed by atoms with Crippen molar-refractivity contribution >= 4 is 33.9 Å². The van der Waals surface area contributed by atoms with Crippen LogP contribution in [0.15, 0.2) is 69.4 Å². The normalized spacial score (nSPS) is 17.4. The molecule has 1 aromatic carbocycles. The van der Waals surface area contributed by atoms with Gasteiger partial charge in [0.05, 0.1) is 30.2 Å². The summed E-state index contributed by atoms with van der Waals surface area (Å²) in [7, 11) is 1.90. The number of amides is 1. The largest absolute Gasteiger partial charge is 0.353 e. The quantitative estimate of drug-likeness (QED) is 0.690. The number of piperazine rings is 1. The number of nitrogens with zero attached hydrogens (tertiary/aromatic N) is 6. The van der Waals surface area contributed by atoms with E-state index in [-0.39, 0.29) is 18.3 Å². The first kappa shape index (κ1) is 23.6. The highest BCUT2D eigenvalue weighted by molar-refractivity contribution is 7.16. The average molecular weight is 502 g/mol. The highest BCUT2D eigenvalue weighted by atomic mass is 32.1. The van der Waals surface area contributed by atoms with E-state index in [1.807, 2.05) is 42.0 Å². The lowest BCUT2D eigenvalue weighted by Gasteiger charge is -2.30. The first-order valence-electron chi connectivity index (χ1n) is 11.6. The fourth-order valence-electron chi connectivity index (χ4n) is 4.35. The van der Waals surface area contributed by atoms with Gasteiger partial charge in [0.15, 0.2) is 5.13 Å². The van der Waals surface area contributed by atoms with Crippen molar-refractivity contribution in [3.8, 4) is 17.3 Å². The van der Waals surface area contributed by atoms with Gasteiger partial charge >= 0.3 is 0 Å². The molecular formula is C26H24FN7OS. The Balaban J connectivity index is 1.60. The number of aliphatic imine (C=N–C) groups is 2. The number of hydrogen-bond donors (Lipinski definition) is 1. The molecule has 1 fully saturated rings. The smallest absolute Gasteiger partial charge is 0.239 e. The molecule has 5 rings (SSSR count). The Morgan fingerprint density at radius 3 is 2.83 bits per heavy atom. The number of anilines is 1. The second-order valence-corrected chi connectivity index (χ2v) is 9.44. The number of fused-ring (bicyclic) bond motifs is 1. The highest BCUT2D eigenvalue weighted by Crippen LogP contribution is 2.37. The number of dihydropyridines is 1. The summed E-state index contributed by atoms with van der Waals surface area (Å²) in [5.41, 5.74) is 4.66. The van der Waals surface area contributed by atoms with Crippen LogP contribution in [0.3, 0.4) is 0 Å². The monoisotopic (exact) mass is 501 g/mol. The van der Waals surface area contributed by atoms with Gasteiger partial charge in [0.1, 0.15) is 28.3 Å². The van der Waals surface area contributed by atoms with Crippen LogP contribution in [0.2, 0.25) is 0 Å². The van der Waals surface area contributed by atoms with E-state index in [4.69, 9.17) is 15.0 Å². The number of hydrogen-bond acceptors (Lipinski definition) is 8. The van der Waals surface area contributed by atoms with Crippen LogP contribution in [0, 0.1) is 17.1 Å². The number of thiazole rings is 1. The Labute approximate surface area is 212 Å². The standard InChI is InChI=1S/C26H24FN7OS/c1-3-19-25(33(2)26-32-23(20(13-28)36-26)16-7-9-18(27)10-8-16)24-17(14-30-19)5-4-6-21(31-24)34-12-11-29-22(35)15-34/h4-10H,3,11-12,14-15H2,1-2H3,(H,29,35). The lowest BCUT2D eigenvalue weighted by Crippen LogP contribution is -2.49. The molecule has 2 aromatic rings. The van der Waals surface area contributed by atoms with Crippen LogP contribution >= 0.6 is 11.3 Å². The lowest BCUT2D eigenvalue weighted by atomic mass is 10.0. The number of benzene rings is 1. The number of amidine groups is 1. The zero-order valence-corrected chi connectivity index (χ0v) is 20.8. The van der Waals surface area contributed by atoms with Gasteiger partial charge in [0.2, 0.25) is 5.91 Å². The molecule has 0 aliphatic carbocycles. The maximum Gasteiger partial charge on any atom is 0.239 e. The number of halogens is 1. The Bertz CT molecular complexity index is 1410. The fraction of sp³-hybridized carbons (Fsp3) is 0.269. The average Bonchev–Trinajstić information content (AvgIpc) is 3.21. The van der Waals surface area contributed by atoms with E-state index in [0.29, 0.717) is 47.3 Å². The summed E-state index contributed by atoms with van der Waals surface area (Å²) in [4.78, 5) is 31.0. The first-order chi connectivity index (χ1) is 17.5. The summed E-state index contributed by atoms with van der Waals surface area (Å²) in [6, 6.07) is 8.20. The van der Waals surface area contributed by atoms with E-state index in [9.17, 15) is 14.4 Å². The van der Waals surface area contributed by atoms with Crippen LogP contribution in [-0.4, -0.2) is 60.6 Å². The fourth-order valence-corrected chi connectivity index (χ4v) is 5.20. The molecule has 0 radical (unpaired) electrons. The Hall–Kier alpha value is -4.10. The highest BCUT2D eigenvalue weighted by Gasteiger charge is 2.29. The molecule has 0 bridgehead atoms. The van der Waals surface area contributed by atoms with Gasteiger partial charge < -0.3 is 15.1 Å².